The number of hydrogen-bond donors (Lipinski definition) is 2. The van der Waals surface area contributed by atoms with E-state index in [0.717, 1.165) is 19.3 Å². The molecule has 3 aromatic rings. The zero-order valence-corrected chi connectivity index (χ0v) is 19.7. The summed E-state index contributed by atoms with van der Waals surface area (Å²) in [6.45, 7) is -0.490. The molecule has 1 atom stereocenters. The molecule has 0 aliphatic carbocycles. The molecule has 1 fully saturated rings. The molecule has 3 amide bonds. The molecule has 9 nitrogen and oxygen atoms in total. The fraction of sp³-hybridized carbons (Fsp3) is 0.261. The summed E-state index contributed by atoms with van der Waals surface area (Å²) in [5.41, 5.74) is 2.42. The number of thiophene rings is 1. The molecule has 0 radical (unpaired) electrons. The molecule has 0 bridgehead atoms. The minimum absolute atomic E-state index is 0.0749. The smallest absolute Gasteiger partial charge is 0.266 e. The number of carbonyl (C=O) groups excluding carboxylic acids is 3. The molecule has 1 saturated heterocycles. The van der Waals surface area contributed by atoms with Crippen LogP contribution in [0, 0.1) is 0 Å². The molecule has 1 aliphatic rings. The van der Waals surface area contributed by atoms with Crippen LogP contribution in [0.15, 0.2) is 60.0 Å². The molecule has 11 heteroatoms. The van der Waals surface area contributed by atoms with Gasteiger partial charge in [-0.15, -0.1) is 11.3 Å². The van der Waals surface area contributed by atoms with Crippen molar-refractivity contribution in [2.75, 3.05) is 13.1 Å². The molecule has 4 rings (SSSR count). The maximum Gasteiger partial charge on any atom is 0.266 e. The highest BCUT2D eigenvalue weighted by Crippen LogP contribution is 2.28. The summed E-state index contributed by atoms with van der Waals surface area (Å²) in [6.07, 6.45) is 0.150. The minimum Gasteiger partial charge on any atom is -0.289 e. The highest BCUT2D eigenvalue weighted by molar-refractivity contribution is 7.88. The number of amides is 3. The fourth-order valence-electron chi connectivity index (χ4n) is 4.04. The van der Waals surface area contributed by atoms with E-state index in [1.165, 1.54) is 0 Å². The lowest BCUT2D eigenvalue weighted by molar-refractivity contribution is -0.138. The molecule has 0 saturated carbocycles. The Bertz CT molecular complexity index is 1310. The van der Waals surface area contributed by atoms with Crippen LogP contribution in [-0.4, -0.2) is 53.6 Å². The predicted molar refractivity (Wildman–Crippen MR) is 126 cm³/mol. The van der Waals surface area contributed by atoms with Crippen LogP contribution in [0.4, 0.5) is 0 Å². The van der Waals surface area contributed by atoms with E-state index in [9.17, 15) is 28.0 Å². The van der Waals surface area contributed by atoms with Crippen molar-refractivity contribution in [2.45, 2.75) is 24.6 Å². The van der Waals surface area contributed by atoms with E-state index in [1.54, 1.807) is 59.3 Å². The lowest BCUT2D eigenvalue weighted by atomic mass is 10.1. The van der Waals surface area contributed by atoms with Crippen molar-refractivity contribution in [3.8, 4) is 0 Å². The summed E-state index contributed by atoms with van der Waals surface area (Å²) in [5.74, 6) is -2.11. The molecule has 0 spiro atoms. The monoisotopic (exact) mass is 501 g/mol. The number of nitrogens with one attached hydrogen (secondary N) is 1. The number of hydroxylamine groups is 1. The molecule has 1 unspecified atom stereocenters. The van der Waals surface area contributed by atoms with Crippen LogP contribution in [0.2, 0.25) is 0 Å². The molecule has 1 aliphatic heterocycles. The van der Waals surface area contributed by atoms with Gasteiger partial charge in [0.2, 0.25) is 21.8 Å². The average molecular weight is 502 g/mol. The molecule has 2 aromatic carbocycles. The Morgan fingerprint density at radius 2 is 1.79 bits per heavy atom. The Morgan fingerprint density at radius 3 is 2.47 bits per heavy atom. The van der Waals surface area contributed by atoms with Gasteiger partial charge in [0.15, 0.2) is 0 Å². The minimum atomic E-state index is -4.14. The highest BCUT2D eigenvalue weighted by Gasteiger charge is 2.38. The van der Waals surface area contributed by atoms with Crippen molar-refractivity contribution >= 4 is 49.2 Å². The summed E-state index contributed by atoms with van der Waals surface area (Å²) >= 11 is 1.54. The van der Waals surface area contributed by atoms with Crippen LogP contribution >= 0.6 is 11.3 Å². The van der Waals surface area contributed by atoms with E-state index >= 15 is 0 Å². The molecule has 178 valence electrons. The standard InChI is InChI=1S/C23H23N3O6S2/c27-20-8-9-21(28)25(20)11-12-26(22(23(29)24-30)17-4-2-1-3-5-17)34(31,32)15-16-6-7-19-18(14-16)10-13-33-19/h1-7,10,13-14,22,30H,8-9,11-12,15H2,(H,24,29). The molecular weight excluding hydrogens is 478 g/mol. The van der Waals surface area contributed by atoms with Crippen LogP contribution in [0.5, 0.6) is 0 Å². The fourth-order valence-corrected chi connectivity index (χ4v) is 6.48. The largest absolute Gasteiger partial charge is 0.289 e. The second-order valence-corrected chi connectivity index (χ2v) is 10.8. The van der Waals surface area contributed by atoms with E-state index < -0.39 is 27.7 Å². The van der Waals surface area contributed by atoms with Gasteiger partial charge >= 0.3 is 0 Å². The number of likely N-dealkylation sites (tertiary alicyclic amines) is 1. The van der Waals surface area contributed by atoms with Crippen LogP contribution in [0.25, 0.3) is 10.1 Å². The second kappa shape index (κ2) is 10.0. The number of carbonyl (C=O) groups is 3. The summed E-state index contributed by atoms with van der Waals surface area (Å²) in [5, 5.41) is 12.2. The summed E-state index contributed by atoms with van der Waals surface area (Å²) < 4.78 is 29.3. The van der Waals surface area contributed by atoms with Crippen LogP contribution in [0.3, 0.4) is 0 Å². The Hall–Kier alpha value is -3.12. The van der Waals surface area contributed by atoms with Gasteiger partial charge < -0.3 is 0 Å². The number of benzene rings is 2. The number of rotatable bonds is 9. The van der Waals surface area contributed by atoms with Gasteiger partial charge in [-0.25, -0.2) is 13.9 Å². The van der Waals surface area contributed by atoms with Gasteiger partial charge in [-0.05, 0) is 40.1 Å². The molecule has 2 heterocycles. The van der Waals surface area contributed by atoms with Crippen LogP contribution in [0.1, 0.15) is 30.0 Å². The lowest BCUT2D eigenvalue weighted by Crippen LogP contribution is -2.47. The van der Waals surface area contributed by atoms with Crippen molar-refractivity contribution in [1.29, 1.82) is 0 Å². The highest BCUT2D eigenvalue weighted by atomic mass is 32.2. The normalized spacial score (nSPS) is 15.3. The van der Waals surface area contributed by atoms with Gasteiger partial charge in [-0.1, -0.05) is 36.4 Å². The Labute approximate surface area is 200 Å². The Kier molecular flexibility index (Phi) is 7.08. The summed E-state index contributed by atoms with van der Waals surface area (Å²) in [6, 6.07) is 14.0. The lowest BCUT2D eigenvalue weighted by Gasteiger charge is -2.31. The van der Waals surface area contributed by atoms with E-state index in [0.29, 0.717) is 11.1 Å². The van der Waals surface area contributed by atoms with Gasteiger partial charge in [0, 0.05) is 30.6 Å². The second-order valence-electron chi connectivity index (χ2n) is 7.89. The first kappa shape index (κ1) is 24.0. The van der Waals surface area contributed by atoms with Crippen LogP contribution in [-0.2, 0) is 30.2 Å². The number of sulfonamides is 1. The van der Waals surface area contributed by atoms with E-state index in [4.69, 9.17) is 0 Å². The molecule has 2 N–H and O–H groups in total. The van der Waals surface area contributed by atoms with Crippen LogP contribution < -0.4 is 5.48 Å². The maximum atomic E-state index is 13.7. The van der Waals surface area contributed by atoms with Gasteiger partial charge in [0.1, 0.15) is 6.04 Å². The summed E-state index contributed by atoms with van der Waals surface area (Å²) in [4.78, 5) is 37.9. The quantitative estimate of drug-likeness (QED) is 0.264. The Balaban J connectivity index is 1.70. The molecule has 1 aromatic heterocycles. The predicted octanol–water partition coefficient (Wildman–Crippen LogP) is 2.43. The van der Waals surface area contributed by atoms with Crippen molar-refractivity contribution in [2.24, 2.45) is 0 Å². The third-order valence-corrected chi connectivity index (χ3v) is 8.39. The van der Waals surface area contributed by atoms with Gasteiger partial charge in [0.25, 0.3) is 5.91 Å². The number of imide groups is 1. The van der Waals surface area contributed by atoms with Crippen molar-refractivity contribution in [3.63, 3.8) is 0 Å². The SMILES string of the molecule is O=C(NO)C(c1ccccc1)N(CCN1C(=O)CCC1=O)S(=O)(=O)Cc1ccc2sccc2c1. The van der Waals surface area contributed by atoms with E-state index in [-0.39, 0.29) is 37.7 Å². The van der Waals surface area contributed by atoms with Crippen molar-refractivity contribution < 1.29 is 28.0 Å². The topological polar surface area (TPSA) is 124 Å². The zero-order valence-electron chi connectivity index (χ0n) is 18.1. The molecule has 34 heavy (non-hydrogen) atoms. The number of hydrogen-bond acceptors (Lipinski definition) is 7. The van der Waals surface area contributed by atoms with Gasteiger partial charge in [-0.2, -0.15) is 4.31 Å². The first-order valence-electron chi connectivity index (χ1n) is 10.6. The average Bonchev–Trinajstić information content (AvgIpc) is 3.42. The number of fused-ring (bicyclic) bond motifs is 1. The van der Waals surface area contributed by atoms with E-state index in [1.807, 2.05) is 17.5 Å². The third kappa shape index (κ3) is 5.02. The number of nitrogens with zero attached hydrogens (tertiary/aromatic N) is 2. The first-order chi connectivity index (χ1) is 16.3. The first-order valence-corrected chi connectivity index (χ1v) is 13.1. The van der Waals surface area contributed by atoms with Crippen molar-refractivity contribution in [3.05, 3.63) is 71.1 Å². The van der Waals surface area contributed by atoms with Crippen molar-refractivity contribution in [1.82, 2.24) is 14.7 Å². The summed E-state index contributed by atoms with van der Waals surface area (Å²) in [7, 11) is -4.14. The zero-order chi connectivity index (χ0) is 24.3. The van der Waals surface area contributed by atoms with Gasteiger partial charge in [0.05, 0.1) is 5.75 Å². The third-order valence-electron chi connectivity index (χ3n) is 5.68. The maximum absolute atomic E-state index is 13.7. The van der Waals surface area contributed by atoms with Gasteiger partial charge in [-0.3, -0.25) is 24.5 Å². The van der Waals surface area contributed by atoms with E-state index in [2.05, 4.69) is 0 Å². The Morgan fingerprint density at radius 1 is 1.09 bits per heavy atom. The molecular formula is C23H23N3O6S2.